The average Bonchev–Trinajstić information content (AvgIpc) is 3.45. The molecule has 45 heavy (non-hydrogen) atoms. The number of ether oxygens (including phenoxy) is 3. The smallest absolute Gasteiger partial charge is 0.419 e. The zero-order chi connectivity index (χ0) is 33.2. The fourth-order valence-corrected chi connectivity index (χ4v) is 4.49. The van der Waals surface area contributed by atoms with E-state index in [1.165, 1.54) is 0 Å². The molecule has 0 aliphatic rings. The molecule has 0 spiro atoms. The van der Waals surface area contributed by atoms with Gasteiger partial charge in [-0.25, -0.2) is 29.3 Å². The van der Waals surface area contributed by atoms with Crippen molar-refractivity contribution in [2.45, 2.75) is 92.0 Å². The van der Waals surface area contributed by atoms with Crippen molar-refractivity contribution >= 4 is 23.7 Å². The number of hydrogen-bond donors (Lipinski definition) is 0. The number of nitrogens with zero attached hydrogens (tertiary/aromatic N) is 4. The molecular formula is C35H46N4O6. The van der Waals surface area contributed by atoms with Crippen LogP contribution in [-0.4, -0.2) is 55.3 Å². The van der Waals surface area contributed by atoms with Crippen LogP contribution in [0.1, 0.15) is 92.0 Å². The summed E-state index contributed by atoms with van der Waals surface area (Å²) in [5, 5.41) is 0. The van der Waals surface area contributed by atoms with Crippen LogP contribution in [0.2, 0.25) is 0 Å². The molecule has 0 N–H and O–H groups in total. The van der Waals surface area contributed by atoms with Gasteiger partial charge in [-0.1, -0.05) is 55.8 Å². The Morgan fingerprint density at radius 1 is 0.911 bits per heavy atom. The molecule has 242 valence electrons. The van der Waals surface area contributed by atoms with Crippen molar-refractivity contribution < 1.29 is 28.6 Å². The number of carbonyl (C=O) groups excluding carboxylic acids is 3. The van der Waals surface area contributed by atoms with Crippen molar-refractivity contribution in [2.75, 3.05) is 6.54 Å². The van der Waals surface area contributed by atoms with E-state index < -0.39 is 35.5 Å². The molecule has 2 amide bonds. The van der Waals surface area contributed by atoms with Gasteiger partial charge in [0.25, 0.3) is 0 Å². The fraction of sp³-hybridized carbons (Fsp3) is 0.457. The number of carbonyl (C=O) groups is 3. The first kappa shape index (κ1) is 35.0. The molecule has 1 unspecified atom stereocenters. The van der Waals surface area contributed by atoms with Crippen molar-refractivity contribution in [3.05, 3.63) is 84.6 Å². The number of aromatic nitrogens is 3. The van der Waals surface area contributed by atoms with Gasteiger partial charge < -0.3 is 14.2 Å². The van der Waals surface area contributed by atoms with Gasteiger partial charge in [0, 0.05) is 18.9 Å². The predicted molar refractivity (Wildman–Crippen MR) is 172 cm³/mol. The van der Waals surface area contributed by atoms with Crippen LogP contribution in [0.25, 0.3) is 11.4 Å². The summed E-state index contributed by atoms with van der Waals surface area (Å²) in [7, 11) is 0. The number of allylic oxidation sites excluding steroid dienone is 1. The van der Waals surface area contributed by atoms with Gasteiger partial charge in [-0.05, 0) is 84.9 Å². The Labute approximate surface area is 266 Å². The van der Waals surface area contributed by atoms with Crippen LogP contribution in [0.5, 0.6) is 0 Å². The third-order valence-corrected chi connectivity index (χ3v) is 6.57. The molecule has 0 saturated heterocycles. The highest BCUT2D eigenvalue weighted by Crippen LogP contribution is 2.26. The number of benzene rings is 1. The zero-order valence-electron chi connectivity index (χ0n) is 27.6. The molecular weight excluding hydrogens is 572 g/mol. The minimum atomic E-state index is -0.809. The first-order valence-electron chi connectivity index (χ1n) is 15.3. The Hall–Kier alpha value is -4.47. The Kier molecular flexibility index (Phi) is 12.1. The van der Waals surface area contributed by atoms with E-state index in [-0.39, 0.29) is 18.0 Å². The predicted octanol–water partition coefficient (Wildman–Crippen LogP) is 7.93. The van der Waals surface area contributed by atoms with E-state index in [1.54, 1.807) is 70.9 Å². The molecule has 10 nitrogen and oxygen atoms in total. The number of imidazole rings is 1. The monoisotopic (exact) mass is 618 g/mol. The molecule has 0 aliphatic carbocycles. The second-order valence-corrected chi connectivity index (χ2v) is 12.9. The quantitative estimate of drug-likeness (QED) is 0.121. The van der Waals surface area contributed by atoms with Crippen LogP contribution in [0.15, 0.2) is 73.3 Å². The fourth-order valence-electron chi connectivity index (χ4n) is 4.49. The second-order valence-electron chi connectivity index (χ2n) is 12.9. The van der Waals surface area contributed by atoms with Crippen LogP contribution in [0.4, 0.5) is 9.59 Å². The first-order chi connectivity index (χ1) is 21.2. The highest BCUT2D eigenvalue weighted by Gasteiger charge is 2.33. The van der Waals surface area contributed by atoms with Crippen LogP contribution in [0.3, 0.4) is 0 Å². The van der Waals surface area contributed by atoms with Gasteiger partial charge in [-0.15, -0.1) is 0 Å². The highest BCUT2D eigenvalue weighted by atomic mass is 16.6. The van der Waals surface area contributed by atoms with E-state index in [9.17, 15) is 14.4 Å². The number of amides is 2. The van der Waals surface area contributed by atoms with Gasteiger partial charge in [-0.3, -0.25) is 4.57 Å². The van der Waals surface area contributed by atoms with Crippen LogP contribution >= 0.6 is 0 Å². The average molecular weight is 619 g/mol. The molecule has 2 atom stereocenters. The molecule has 2 heterocycles. The summed E-state index contributed by atoms with van der Waals surface area (Å²) in [5.74, 6) is -0.0953. The topological polar surface area (TPSA) is 113 Å². The van der Waals surface area contributed by atoms with Gasteiger partial charge in [-0.2, -0.15) is 0 Å². The van der Waals surface area contributed by atoms with Gasteiger partial charge in [0.2, 0.25) is 0 Å². The molecule has 3 rings (SSSR count). The molecule has 0 saturated carbocycles. The summed E-state index contributed by atoms with van der Waals surface area (Å²) in [6, 6.07) is 15.0. The third kappa shape index (κ3) is 11.2. The lowest BCUT2D eigenvalue weighted by Crippen LogP contribution is -2.45. The van der Waals surface area contributed by atoms with E-state index >= 15 is 0 Å². The highest BCUT2D eigenvalue weighted by molar-refractivity contribution is 6.15. The second kappa shape index (κ2) is 15.5. The van der Waals surface area contributed by atoms with E-state index in [2.05, 4.69) is 9.97 Å². The number of pyridine rings is 1. The summed E-state index contributed by atoms with van der Waals surface area (Å²) in [5.41, 5.74) is -0.0718. The molecule has 0 radical (unpaired) electrons. The normalized spacial score (nSPS) is 13.5. The van der Waals surface area contributed by atoms with E-state index in [0.717, 1.165) is 16.9 Å². The van der Waals surface area contributed by atoms with Gasteiger partial charge in [0.15, 0.2) is 0 Å². The van der Waals surface area contributed by atoms with E-state index in [0.29, 0.717) is 24.4 Å². The zero-order valence-corrected chi connectivity index (χ0v) is 27.6. The minimum absolute atomic E-state index is 0.0410. The van der Waals surface area contributed by atoms with Crippen LogP contribution < -0.4 is 0 Å². The maximum Gasteiger partial charge on any atom is 0.419 e. The number of imide groups is 1. The standard InChI is InChI=1S/C35H46N4O6/c1-9-15-26(22-39(32(41)44-34(3,4)5)33(42)45-35(6,7)8)19-20-28(31(40)43-25(2)27-16-11-10-12-17-27)29-23-38(24-37-29)30-18-13-14-21-36-30/h10-14,16-18,20-21,23-26H,9,15,19,22H2,1-8H3/t25-,26?/m1/s1. The lowest BCUT2D eigenvalue weighted by Gasteiger charge is -2.30. The number of rotatable bonds is 11. The van der Waals surface area contributed by atoms with Crippen LogP contribution in [0, 0.1) is 5.92 Å². The molecule has 0 bridgehead atoms. The largest absolute Gasteiger partial charge is 0.454 e. The summed E-state index contributed by atoms with van der Waals surface area (Å²) in [4.78, 5) is 49.9. The molecule has 0 aliphatic heterocycles. The molecule has 10 heteroatoms. The molecule has 3 aromatic rings. The van der Waals surface area contributed by atoms with Crippen molar-refractivity contribution in [1.29, 1.82) is 0 Å². The third-order valence-electron chi connectivity index (χ3n) is 6.57. The molecule has 2 aromatic heterocycles. The minimum Gasteiger partial charge on any atom is -0.454 e. The molecule has 0 fully saturated rings. The van der Waals surface area contributed by atoms with Crippen LogP contribution in [-0.2, 0) is 19.0 Å². The van der Waals surface area contributed by atoms with Crippen molar-refractivity contribution in [3.63, 3.8) is 0 Å². The van der Waals surface area contributed by atoms with Crippen molar-refractivity contribution in [1.82, 2.24) is 19.4 Å². The Balaban J connectivity index is 1.94. The number of esters is 1. The summed E-state index contributed by atoms with van der Waals surface area (Å²) >= 11 is 0. The number of hydrogen-bond acceptors (Lipinski definition) is 8. The lowest BCUT2D eigenvalue weighted by molar-refractivity contribution is -0.141. The van der Waals surface area contributed by atoms with Gasteiger partial charge in [0.1, 0.15) is 29.5 Å². The first-order valence-corrected chi connectivity index (χ1v) is 15.3. The van der Waals surface area contributed by atoms with Crippen molar-refractivity contribution in [3.8, 4) is 5.82 Å². The lowest BCUT2D eigenvalue weighted by atomic mass is 9.97. The van der Waals surface area contributed by atoms with E-state index in [4.69, 9.17) is 14.2 Å². The summed E-state index contributed by atoms with van der Waals surface area (Å²) < 4.78 is 18.7. The van der Waals surface area contributed by atoms with Gasteiger partial charge >= 0.3 is 18.2 Å². The Bertz CT molecular complexity index is 1410. The Morgan fingerprint density at radius 2 is 1.53 bits per heavy atom. The van der Waals surface area contributed by atoms with Gasteiger partial charge in [0.05, 0.1) is 11.3 Å². The summed E-state index contributed by atoms with van der Waals surface area (Å²) in [6.07, 6.45) is 6.52. The molecule has 1 aromatic carbocycles. The maximum atomic E-state index is 13.7. The van der Waals surface area contributed by atoms with E-state index in [1.807, 2.05) is 62.4 Å². The maximum absolute atomic E-state index is 13.7. The summed E-state index contributed by atoms with van der Waals surface area (Å²) in [6.45, 7) is 14.3. The van der Waals surface area contributed by atoms with Crippen molar-refractivity contribution in [2.24, 2.45) is 5.92 Å². The Morgan fingerprint density at radius 3 is 2.09 bits per heavy atom. The SMILES string of the molecule is CCCC(CC=C(C(=O)O[C@H](C)c1ccccc1)c1cn(-c2ccccn2)cn1)CN(C(=O)OC(C)(C)C)C(=O)OC(C)(C)C.